The Morgan fingerprint density at radius 3 is 2.48 bits per heavy atom. The molecule has 0 unspecified atom stereocenters. The summed E-state index contributed by atoms with van der Waals surface area (Å²) in [6.45, 7) is 4.36. The number of alkyl carbamates (subject to hydrolysis) is 1. The third-order valence-corrected chi connectivity index (χ3v) is 5.46. The number of carbonyl (C=O) groups is 3. The Bertz CT molecular complexity index is 938. The van der Waals surface area contributed by atoms with Crippen LogP contribution >= 0.6 is 0 Å². The molecule has 0 saturated carbocycles. The fourth-order valence-electron chi connectivity index (χ4n) is 3.75. The zero-order chi connectivity index (χ0) is 22.5. The fraction of sp³-hybridized carbons (Fsp3) is 0.455. The molecular formula is C22H28N4O5. The number of benzene rings is 1. The molecular weight excluding hydrogens is 400 g/mol. The number of rotatable bonds is 6. The van der Waals surface area contributed by atoms with Gasteiger partial charge < -0.3 is 24.7 Å². The number of nitrogens with one attached hydrogen (secondary N) is 2. The second-order valence-electron chi connectivity index (χ2n) is 7.80. The highest BCUT2D eigenvalue weighted by Crippen LogP contribution is 2.32. The Kier molecular flexibility index (Phi) is 6.94. The summed E-state index contributed by atoms with van der Waals surface area (Å²) in [6, 6.07) is 6.15. The summed E-state index contributed by atoms with van der Waals surface area (Å²) in [6.07, 6.45) is 2.72. The van der Waals surface area contributed by atoms with E-state index in [1.807, 2.05) is 26.0 Å². The van der Waals surface area contributed by atoms with E-state index >= 15 is 0 Å². The molecule has 2 atom stereocenters. The number of H-pyrrole nitrogens is 1. The lowest BCUT2D eigenvalue weighted by Crippen LogP contribution is -2.51. The van der Waals surface area contributed by atoms with Crippen molar-refractivity contribution in [2.45, 2.75) is 38.8 Å². The highest BCUT2D eigenvalue weighted by atomic mass is 16.5. The zero-order valence-corrected chi connectivity index (χ0v) is 18.2. The van der Waals surface area contributed by atoms with Gasteiger partial charge in [-0.15, -0.1) is 0 Å². The van der Waals surface area contributed by atoms with Gasteiger partial charge in [-0.1, -0.05) is 26.0 Å². The number of nitrogens with zero attached hydrogens (tertiary/aromatic N) is 2. The highest BCUT2D eigenvalue weighted by Gasteiger charge is 2.37. The minimum atomic E-state index is -0.673. The quantitative estimate of drug-likeness (QED) is 0.684. The van der Waals surface area contributed by atoms with Crippen molar-refractivity contribution in [2.75, 3.05) is 20.8 Å². The number of hydrogen-bond donors (Lipinski definition) is 2. The first-order valence-electron chi connectivity index (χ1n) is 10.2. The maximum Gasteiger partial charge on any atom is 0.407 e. The maximum atomic E-state index is 13.2. The first-order valence-corrected chi connectivity index (χ1v) is 10.2. The molecule has 9 nitrogen and oxygen atoms in total. The van der Waals surface area contributed by atoms with Crippen LogP contribution in [0.4, 0.5) is 4.79 Å². The largest absolute Gasteiger partial charge is 0.465 e. The summed E-state index contributed by atoms with van der Waals surface area (Å²) in [5.74, 6) is 0.0623. The van der Waals surface area contributed by atoms with E-state index in [0.29, 0.717) is 17.9 Å². The first kappa shape index (κ1) is 22.3. The van der Waals surface area contributed by atoms with Crippen molar-refractivity contribution < 1.29 is 23.9 Å². The standard InChI is InChI=1S/C22H28N4O5/c1-13(2)18(25-22(29)31-4)20(27)26-11-5-6-17(26)19-23-12-16(24-19)14-7-9-15(10-8-14)21(28)30-3/h7-10,12-13,17-18H,5-6,11H2,1-4H3,(H,23,24)(H,25,29)/t17-,18-/m0/s1. The molecule has 1 fully saturated rings. The molecule has 1 saturated heterocycles. The van der Waals surface area contributed by atoms with Crippen molar-refractivity contribution in [3.8, 4) is 11.3 Å². The van der Waals surface area contributed by atoms with Crippen LogP contribution in [0.2, 0.25) is 0 Å². The SMILES string of the molecule is COC(=O)N[C@H](C(=O)N1CCC[C@H]1c1ncc(-c2ccc(C(=O)OC)cc2)[nH]1)C(C)C. The van der Waals surface area contributed by atoms with Crippen LogP contribution in [0.1, 0.15) is 48.9 Å². The molecule has 31 heavy (non-hydrogen) atoms. The number of likely N-dealkylation sites (tertiary alicyclic amines) is 1. The molecule has 1 aliphatic heterocycles. The molecule has 0 radical (unpaired) electrons. The van der Waals surface area contributed by atoms with E-state index in [0.717, 1.165) is 24.1 Å². The molecule has 1 aromatic heterocycles. The average Bonchev–Trinajstić information content (AvgIpc) is 3.45. The molecule has 0 aliphatic carbocycles. The van der Waals surface area contributed by atoms with Gasteiger partial charge in [0.1, 0.15) is 11.9 Å². The van der Waals surface area contributed by atoms with Gasteiger partial charge in [0.05, 0.1) is 37.7 Å². The first-order chi connectivity index (χ1) is 14.8. The summed E-state index contributed by atoms with van der Waals surface area (Å²) in [5.41, 5.74) is 2.13. The van der Waals surface area contributed by atoms with E-state index in [2.05, 4.69) is 20.0 Å². The molecule has 2 amide bonds. The predicted octanol–water partition coefficient (Wildman–Crippen LogP) is 2.91. The van der Waals surface area contributed by atoms with Gasteiger partial charge in [-0.2, -0.15) is 0 Å². The summed E-state index contributed by atoms with van der Waals surface area (Å²) in [5, 5.41) is 2.64. The van der Waals surface area contributed by atoms with Crippen molar-refractivity contribution in [2.24, 2.45) is 5.92 Å². The summed E-state index contributed by atoms with van der Waals surface area (Å²) >= 11 is 0. The van der Waals surface area contributed by atoms with E-state index in [-0.39, 0.29) is 17.9 Å². The maximum absolute atomic E-state index is 13.2. The zero-order valence-electron chi connectivity index (χ0n) is 18.2. The fourth-order valence-corrected chi connectivity index (χ4v) is 3.75. The molecule has 3 rings (SSSR count). The normalized spacial score (nSPS) is 16.8. The monoisotopic (exact) mass is 428 g/mol. The van der Waals surface area contributed by atoms with Crippen LogP contribution in [-0.2, 0) is 14.3 Å². The summed E-state index contributed by atoms with van der Waals surface area (Å²) in [4.78, 5) is 46.1. The van der Waals surface area contributed by atoms with Crippen molar-refractivity contribution in [1.29, 1.82) is 0 Å². The Labute approximate surface area is 181 Å². The highest BCUT2D eigenvalue weighted by molar-refractivity contribution is 5.90. The van der Waals surface area contributed by atoms with Crippen molar-refractivity contribution in [1.82, 2.24) is 20.2 Å². The van der Waals surface area contributed by atoms with E-state index in [1.54, 1.807) is 23.2 Å². The van der Waals surface area contributed by atoms with Crippen LogP contribution in [0.15, 0.2) is 30.5 Å². The number of ether oxygens (including phenoxy) is 2. The third-order valence-electron chi connectivity index (χ3n) is 5.46. The minimum Gasteiger partial charge on any atom is -0.465 e. The van der Waals surface area contributed by atoms with Gasteiger partial charge >= 0.3 is 12.1 Å². The molecule has 1 aliphatic rings. The van der Waals surface area contributed by atoms with Crippen LogP contribution in [0.25, 0.3) is 11.3 Å². The van der Waals surface area contributed by atoms with Crippen LogP contribution in [0.3, 0.4) is 0 Å². The number of methoxy groups -OCH3 is 2. The number of imidazole rings is 1. The smallest absolute Gasteiger partial charge is 0.407 e. The Morgan fingerprint density at radius 2 is 1.87 bits per heavy atom. The van der Waals surface area contributed by atoms with Crippen molar-refractivity contribution in [3.63, 3.8) is 0 Å². The van der Waals surface area contributed by atoms with Crippen LogP contribution < -0.4 is 5.32 Å². The van der Waals surface area contributed by atoms with Gasteiger partial charge in [0, 0.05) is 6.54 Å². The number of aromatic amines is 1. The molecule has 2 heterocycles. The third kappa shape index (κ3) is 4.87. The van der Waals surface area contributed by atoms with E-state index in [1.165, 1.54) is 14.2 Å². The average molecular weight is 428 g/mol. The molecule has 0 spiro atoms. The Morgan fingerprint density at radius 1 is 1.16 bits per heavy atom. The Hall–Kier alpha value is -3.36. The number of hydrogen-bond acceptors (Lipinski definition) is 6. The number of carbonyl (C=O) groups excluding carboxylic acids is 3. The lowest BCUT2D eigenvalue weighted by Gasteiger charge is -2.30. The minimum absolute atomic E-state index is 0.0895. The molecule has 2 N–H and O–H groups in total. The lowest BCUT2D eigenvalue weighted by molar-refractivity contribution is -0.135. The summed E-state index contributed by atoms with van der Waals surface area (Å²) in [7, 11) is 2.62. The van der Waals surface area contributed by atoms with E-state index < -0.39 is 18.1 Å². The second-order valence-corrected chi connectivity index (χ2v) is 7.80. The molecule has 1 aromatic carbocycles. The number of aromatic nitrogens is 2. The predicted molar refractivity (Wildman–Crippen MR) is 113 cm³/mol. The topological polar surface area (TPSA) is 114 Å². The van der Waals surface area contributed by atoms with Gasteiger partial charge in [-0.05, 0) is 36.5 Å². The lowest BCUT2D eigenvalue weighted by atomic mass is 10.0. The number of amides is 2. The van der Waals surface area contributed by atoms with Gasteiger partial charge in [0.2, 0.25) is 5.91 Å². The molecule has 9 heteroatoms. The van der Waals surface area contributed by atoms with E-state index in [4.69, 9.17) is 4.74 Å². The molecule has 2 aromatic rings. The van der Waals surface area contributed by atoms with Crippen LogP contribution in [0.5, 0.6) is 0 Å². The van der Waals surface area contributed by atoms with Crippen molar-refractivity contribution in [3.05, 3.63) is 41.9 Å². The summed E-state index contributed by atoms with van der Waals surface area (Å²) < 4.78 is 9.39. The van der Waals surface area contributed by atoms with Gasteiger partial charge in [-0.25, -0.2) is 14.6 Å². The van der Waals surface area contributed by atoms with Gasteiger partial charge in [0.15, 0.2) is 0 Å². The van der Waals surface area contributed by atoms with Gasteiger partial charge in [-0.3, -0.25) is 4.79 Å². The Balaban J connectivity index is 1.78. The molecule has 166 valence electrons. The van der Waals surface area contributed by atoms with Crippen LogP contribution in [0, 0.1) is 5.92 Å². The molecule has 0 bridgehead atoms. The van der Waals surface area contributed by atoms with Crippen LogP contribution in [-0.4, -0.2) is 59.6 Å². The number of esters is 1. The second kappa shape index (κ2) is 9.63. The van der Waals surface area contributed by atoms with Crippen molar-refractivity contribution >= 4 is 18.0 Å². The van der Waals surface area contributed by atoms with E-state index in [9.17, 15) is 14.4 Å². The van der Waals surface area contributed by atoms with Gasteiger partial charge in [0.25, 0.3) is 0 Å².